The summed E-state index contributed by atoms with van der Waals surface area (Å²) >= 11 is 0. The molecule has 1 aromatic carbocycles. The first-order valence-electron chi connectivity index (χ1n) is 7.40. The summed E-state index contributed by atoms with van der Waals surface area (Å²) in [4.78, 5) is 14.6. The van der Waals surface area contributed by atoms with Crippen LogP contribution in [-0.4, -0.2) is 29.4 Å². The molecule has 0 spiro atoms. The number of nitrogens with one attached hydrogen (secondary N) is 1. The summed E-state index contributed by atoms with van der Waals surface area (Å²) in [5.41, 5.74) is 1.24. The van der Waals surface area contributed by atoms with E-state index in [9.17, 15) is 4.79 Å². The second-order valence-corrected chi connectivity index (χ2v) is 5.74. The zero-order valence-electron chi connectivity index (χ0n) is 11.8. The lowest BCUT2D eigenvalue weighted by atomic mass is 10.1. The molecule has 1 heterocycles. The van der Waals surface area contributed by atoms with E-state index in [2.05, 4.69) is 22.3 Å². The van der Waals surface area contributed by atoms with Crippen LogP contribution in [0.4, 0.5) is 0 Å². The van der Waals surface area contributed by atoms with Crippen molar-refractivity contribution >= 4 is 18.3 Å². The van der Waals surface area contributed by atoms with E-state index in [1.54, 1.807) is 0 Å². The SMILES string of the molecule is Cl.O=C(CC1CCCN1)N(Cc1ccccc1)C1CC1. The first-order valence-corrected chi connectivity index (χ1v) is 7.40. The Morgan fingerprint density at radius 1 is 1.20 bits per heavy atom. The van der Waals surface area contributed by atoms with E-state index in [1.165, 1.54) is 24.8 Å². The quantitative estimate of drug-likeness (QED) is 0.906. The Kier molecular flexibility index (Phi) is 5.44. The largest absolute Gasteiger partial charge is 0.335 e. The predicted molar refractivity (Wildman–Crippen MR) is 82.9 cm³/mol. The van der Waals surface area contributed by atoms with Gasteiger partial charge in [0.2, 0.25) is 5.91 Å². The fourth-order valence-electron chi connectivity index (χ4n) is 2.85. The number of hydrogen-bond acceptors (Lipinski definition) is 2. The first kappa shape index (κ1) is 15.3. The molecule has 1 N–H and O–H groups in total. The van der Waals surface area contributed by atoms with Gasteiger partial charge in [0.15, 0.2) is 0 Å². The van der Waals surface area contributed by atoms with Crippen molar-refractivity contribution in [3.05, 3.63) is 35.9 Å². The summed E-state index contributed by atoms with van der Waals surface area (Å²) in [7, 11) is 0. The summed E-state index contributed by atoms with van der Waals surface area (Å²) in [6, 6.07) is 11.2. The second kappa shape index (κ2) is 7.09. The molecule has 1 aromatic rings. The third-order valence-electron chi connectivity index (χ3n) is 4.09. The van der Waals surface area contributed by atoms with Crippen molar-refractivity contribution in [1.29, 1.82) is 0 Å². The molecular formula is C16H23ClN2O. The molecule has 1 aliphatic carbocycles. The summed E-state index contributed by atoms with van der Waals surface area (Å²) in [5, 5.41) is 3.42. The maximum Gasteiger partial charge on any atom is 0.224 e. The lowest BCUT2D eigenvalue weighted by molar-refractivity contribution is -0.132. The van der Waals surface area contributed by atoms with Gasteiger partial charge in [-0.1, -0.05) is 30.3 Å². The van der Waals surface area contributed by atoms with E-state index in [0.29, 0.717) is 24.4 Å². The summed E-state index contributed by atoms with van der Waals surface area (Å²) in [6.45, 7) is 1.84. The van der Waals surface area contributed by atoms with Crippen LogP contribution in [0, 0.1) is 0 Å². The maximum absolute atomic E-state index is 12.5. The van der Waals surface area contributed by atoms with Gasteiger partial charge in [0.05, 0.1) is 0 Å². The third-order valence-corrected chi connectivity index (χ3v) is 4.09. The lowest BCUT2D eigenvalue weighted by Gasteiger charge is -2.24. The molecule has 2 aliphatic rings. The number of carbonyl (C=O) groups is 1. The van der Waals surface area contributed by atoms with Gasteiger partial charge in [-0.05, 0) is 37.8 Å². The Morgan fingerprint density at radius 2 is 1.95 bits per heavy atom. The van der Waals surface area contributed by atoms with Crippen molar-refractivity contribution < 1.29 is 4.79 Å². The van der Waals surface area contributed by atoms with Gasteiger partial charge in [0, 0.05) is 25.0 Å². The number of amides is 1. The molecule has 1 saturated carbocycles. The van der Waals surface area contributed by atoms with Crippen molar-refractivity contribution in [2.75, 3.05) is 6.54 Å². The van der Waals surface area contributed by atoms with Crippen molar-refractivity contribution in [1.82, 2.24) is 10.2 Å². The van der Waals surface area contributed by atoms with Crippen molar-refractivity contribution in [2.24, 2.45) is 0 Å². The highest BCUT2D eigenvalue weighted by Crippen LogP contribution is 2.29. The Bertz CT molecular complexity index is 427. The van der Waals surface area contributed by atoms with Crippen LogP contribution >= 0.6 is 12.4 Å². The van der Waals surface area contributed by atoms with Crippen LogP contribution in [0.1, 0.15) is 37.7 Å². The molecule has 4 heteroatoms. The summed E-state index contributed by atoms with van der Waals surface area (Å²) in [6.07, 6.45) is 5.38. The fourth-order valence-corrected chi connectivity index (χ4v) is 2.85. The molecule has 1 saturated heterocycles. The van der Waals surface area contributed by atoms with Gasteiger partial charge in [-0.15, -0.1) is 12.4 Å². The van der Waals surface area contributed by atoms with E-state index >= 15 is 0 Å². The number of carbonyl (C=O) groups excluding carboxylic acids is 1. The van der Waals surface area contributed by atoms with Gasteiger partial charge < -0.3 is 10.2 Å². The highest BCUT2D eigenvalue weighted by molar-refractivity contribution is 5.85. The Hall–Kier alpha value is -1.06. The molecule has 0 bridgehead atoms. The van der Waals surface area contributed by atoms with Gasteiger partial charge in [0.1, 0.15) is 0 Å². The van der Waals surface area contributed by atoms with Gasteiger partial charge in [-0.2, -0.15) is 0 Å². The van der Waals surface area contributed by atoms with E-state index in [1.807, 2.05) is 18.2 Å². The second-order valence-electron chi connectivity index (χ2n) is 5.74. The van der Waals surface area contributed by atoms with Crippen molar-refractivity contribution in [3.8, 4) is 0 Å². The van der Waals surface area contributed by atoms with Crippen LogP contribution < -0.4 is 5.32 Å². The molecule has 0 radical (unpaired) electrons. The average molecular weight is 295 g/mol. The van der Waals surface area contributed by atoms with Crippen LogP contribution in [-0.2, 0) is 11.3 Å². The zero-order chi connectivity index (χ0) is 13.1. The van der Waals surface area contributed by atoms with Gasteiger partial charge in [-0.25, -0.2) is 0 Å². The molecule has 20 heavy (non-hydrogen) atoms. The number of hydrogen-bond donors (Lipinski definition) is 1. The number of nitrogens with zero attached hydrogens (tertiary/aromatic N) is 1. The number of rotatable bonds is 5. The molecule has 3 rings (SSSR count). The smallest absolute Gasteiger partial charge is 0.224 e. The van der Waals surface area contributed by atoms with Crippen LogP contribution in [0.3, 0.4) is 0 Å². The topological polar surface area (TPSA) is 32.3 Å². The van der Waals surface area contributed by atoms with Crippen molar-refractivity contribution in [2.45, 2.75) is 50.7 Å². The third kappa shape index (κ3) is 3.97. The van der Waals surface area contributed by atoms with Gasteiger partial charge >= 0.3 is 0 Å². The molecule has 2 fully saturated rings. The molecule has 3 nitrogen and oxygen atoms in total. The monoisotopic (exact) mass is 294 g/mol. The standard InChI is InChI=1S/C16H22N2O.ClH/c19-16(11-14-7-4-10-17-14)18(15-8-9-15)12-13-5-2-1-3-6-13;/h1-3,5-6,14-15,17H,4,7-12H2;1H. The fraction of sp³-hybridized carbons (Fsp3) is 0.562. The van der Waals surface area contributed by atoms with Gasteiger partial charge in [-0.3, -0.25) is 4.79 Å². The first-order chi connectivity index (χ1) is 9.33. The highest BCUT2D eigenvalue weighted by atomic mass is 35.5. The minimum Gasteiger partial charge on any atom is -0.335 e. The Morgan fingerprint density at radius 3 is 2.55 bits per heavy atom. The average Bonchev–Trinajstić information content (AvgIpc) is 3.15. The van der Waals surface area contributed by atoms with Crippen molar-refractivity contribution in [3.63, 3.8) is 0 Å². The normalized spacial score (nSPS) is 21.3. The van der Waals surface area contributed by atoms with E-state index in [4.69, 9.17) is 0 Å². The van der Waals surface area contributed by atoms with E-state index in [-0.39, 0.29) is 12.4 Å². The molecule has 1 atom stereocenters. The minimum absolute atomic E-state index is 0. The Labute approximate surface area is 127 Å². The Balaban J connectivity index is 0.00000147. The molecule has 1 aliphatic heterocycles. The highest BCUT2D eigenvalue weighted by Gasteiger charge is 2.33. The van der Waals surface area contributed by atoms with Gasteiger partial charge in [0.25, 0.3) is 0 Å². The predicted octanol–water partition coefficient (Wildman–Crippen LogP) is 2.74. The number of halogens is 1. The van der Waals surface area contributed by atoms with E-state index in [0.717, 1.165) is 19.5 Å². The molecule has 1 unspecified atom stereocenters. The molecule has 0 aromatic heterocycles. The van der Waals surface area contributed by atoms with Crippen LogP contribution in [0.15, 0.2) is 30.3 Å². The summed E-state index contributed by atoms with van der Waals surface area (Å²) in [5.74, 6) is 0.325. The zero-order valence-corrected chi connectivity index (χ0v) is 12.6. The van der Waals surface area contributed by atoms with E-state index < -0.39 is 0 Å². The summed E-state index contributed by atoms with van der Waals surface area (Å²) < 4.78 is 0. The molecule has 110 valence electrons. The van der Waals surface area contributed by atoms with Crippen LogP contribution in [0.25, 0.3) is 0 Å². The van der Waals surface area contributed by atoms with Crippen LogP contribution in [0.2, 0.25) is 0 Å². The minimum atomic E-state index is 0. The number of benzene rings is 1. The van der Waals surface area contributed by atoms with Crippen LogP contribution in [0.5, 0.6) is 0 Å². The molecule has 1 amide bonds. The lowest BCUT2D eigenvalue weighted by Crippen LogP contribution is -2.37. The molecular weight excluding hydrogens is 272 g/mol. The maximum atomic E-state index is 12.5.